The molecular weight excluding hydrogens is 214 g/mol. The van der Waals surface area contributed by atoms with Crippen molar-refractivity contribution in [3.8, 4) is 6.07 Å². The summed E-state index contributed by atoms with van der Waals surface area (Å²) in [6.07, 6.45) is 1.59. The van der Waals surface area contributed by atoms with Crippen LogP contribution in [0.15, 0.2) is 0 Å². The number of hydrogen-bond donors (Lipinski definition) is 1. The fourth-order valence-corrected chi connectivity index (χ4v) is 2.97. The van der Waals surface area contributed by atoms with Crippen molar-refractivity contribution >= 4 is 10.0 Å². The normalized spacial score (nSPS) is 22.2. The van der Waals surface area contributed by atoms with Crippen LogP contribution in [-0.4, -0.2) is 37.6 Å². The Bertz CT molecular complexity index is 337. The molecule has 0 aromatic heterocycles. The highest BCUT2D eigenvalue weighted by molar-refractivity contribution is 7.89. The number of nitriles is 1. The Morgan fingerprint density at radius 1 is 1.53 bits per heavy atom. The first-order chi connectivity index (χ1) is 6.97. The van der Waals surface area contributed by atoms with Crippen LogP contribution >= 0.6 is 0 Å². The first-order valence-electron chi connectivity index (χ1n) is 5.07. The predicted octanol–water partition coefficient (Wildman–Crippen LogP) is -0.101. The molecule has 1 aliphatic rings. The summed E-state index contributed by atoms with van der Waals surface area (Å²) in [4.78, 5) is 0. The highest BCUT2D eigenvalue weighted by Crippen LogP contribution is 2.21. The fourth-order valence-electron chi connectivity index (χ4n) is 1.85. The van der Waals surface area contributed by atoms with Gasteiger partial charge in [-0.2, -0.15) is 5.26 Å². The third-order valence-corrected chi connectivity index (χ3v) is 4.53. The molecule has 0 amide bonds. The minimum Gasteiger partial charge on any atom is -0.328 e. The van der Waals surface area contributed by atoms with E-state index >= 15 is 0 Å². The summed E-state index contributed by atoms with van der Waals surface area (Å²) in [5.41, 5.74) is 5.76. The van der Waals surface area contributed by atoms with Gasteiger partial charge in [-0.05, 0) is 25.7 Å². The summed E-state index contributed by atoms with van der Waals surface area (Å²) < 4.78 is 24.5. The van der Waals surface area contributed by atoms with E-state index in [-0.39, 0.29) is 6.04 Å². The third kappa shape index (κ3) is 3.16. The summed E-state index contributed by atoms with van der Waals surface area (Å²) in [5.74, 6) is -0.0194. The summed E-state index contributed by atoms with van der Waals surface area (Å²) in [5, 5.41) is 8.40. The summed E-state index contributed by atoms with van der Waals surface area (Å²) in [7, 11) is -3.35. The van der Waals surface area contributed by atoms with Crippen LogP contribution in [0.5, 0.6) is 0 Å². The quantitative estimate of drug-likeness (QED) is 0.734. The molecule has 2 N–H and O–H groups in total. The van der Waals surface area contributed by atoms with E-state index in [4.69, 9.17) is 11.0 Å². The highest BCUT2D eigenvalue weighted by atomic mass is 32.2. The lowest BCUT2D eigenvalue weighted by molar-refractivity contribution is 0.251. The predicted molar refractivity (Wildman–Crippen MR) is 57.3 cm³/mol. The van der Waals surface area contributed by atoms with Gasteiger partial charge in [-0.25, -0.2) is 12.7 Å². The van der Waals surface area contributed by atoms with E-state index in [1.807, 2.05) is 6.92 Å². The van der Waals surface area contributed by atoms with Crippen LogP contribution in [-0.2, 0) is 10.0 Å². The van der Waals surface area contributed by atoms with Crippen LogP contribution < -0.4 is 5.73 Å². The van der Waals surface area contributed by atoms with E-state index in [0.29, 0.717) is 19.0 Å². The van der Waals surface area contributed by atoms with Crippen molar-refractivity contribution in [3.05, 3.63) is 0 Å². The van der Waals surface area contributed by atoms with E-state index in [0.717, 1.165) is 12.8 Å². The summed E-state index contributed by atoms with van der Waals surface area (Å²) in [6, 6.07) is 1.80. The van der Waals surface area contributed by atoms with Crippen LogP contribution in [0.3, 0.4) is 0 Å². The molecule has 1 unspecified atom stereocenters. The van der Waals surface area contributed by atoms with Crippen LogP contribution in [0.4, 0.5) is 0 Å². The molecule has 1 atom stereocenters. The van der Waals surface area contributed by atoms with Crippen molar-refractivity contribution in [1.29, 1.82) is 5.26 Å². The maximum Gasteiger partial charge on any atom is 0.227 e. The van der Waals surface area contributed by atoms with Gasteiger partial charge in [0.05, 0.1) is 6.07 Å². The molecule has 1 rings (SSSR count). The monoisotopic (exact) mass is 231 g/mol. The molecule has 15 heavy (non-hydrogen) atoms. The smallest absolute Gasteiger partial charge is 0.227 e. The molecule has 1 saturated heterocycles. The molecule has 0 aromatic carbocycles. The zero-order valence-electron chi connectivity index (χ0n) is 8.89. The van der Waals surface area contributed by atoms with Gasteiger partial charge in [0.15, 0.2) is 5.75 Å². The van der Waals surface area contributed by atoms with Crippen molar-refractivity contribution in [2.24, 2.45) is 11.7 Å². The number of hydrogen-bond acceptors (Lipinski definition) is 4. The van der Waals surface area contributed by atoms with E-state index in [9.17, 15) is 8.42 Å². The van der Waals surface area contributed by atoms with E-state index in [1.54, 1.807) is 6.07 Å². The average molecular weight is 231 g/mol. The molecule has 5 nitrogen and oxygen atoms in total. The van der Waals surface area contributed by atoms with E-state index < -0.39 is 15.8 Å². The highest BCUT2D eigenvalue weighted by Gasteiger charge is 2.28. The molecule has 86 valence electrons. The molecule has 0 radical (unpaired) electrons. The van der Waals surface area contributed by atoms with Crippen molar-refractivity contribution in [3.63, 3.8) is 0 Å². The van der Waals surface area contributed by atoms with Gasteiger partial charge >= 0.3 is 0 Å². The first kappa shape index (κ1) is 12.4. The average Bonchev–Trinajstić information content (AvgIpc) is 2.18. The second-order valence-electron chi connectivity index (χ2n) is 4.01. The molecule has 0 spiro atoms. The summed E-state index contributed by atoms with van der Waals surface area (Å²) >= 11 is 0. The second-order valence-corrected chi connectivity index (χ2v) is 5.98. The Labute approximate surface area is 90.9 Å². The Hall–Kier alpha value is -0.640. The zero-order valence-corrected chi connectivity index (χ0v) is 9.70. The van der Waals surface area contributed by atoms with Crippen LogP contribution in [0.2, 0.25) is 0 Å². The van der Waals surface area contributed by atoms with Crippen molar-refractivity contribution in [2.45, 2.75) is 25.8 Å². The SMILES string of the molecule is CC(N)C1CCN(S(=O)(=O)CC#N)CC1. The molecule has 1 fully saturated rings. The lowest BCUT2D eigenvalue weighted by Crippen LogP contribution is -2.43. The zero-order chi connectivity index (χ0) is 11.5. The Kier molecular flexibility index (Phi) is 4.08. The molecule has 0 aliphatic carbocycles. The van der Waals surface area contributed by atoms with Crippen LogP contribution in [0.25, 0.3) is 0 Å². The van der Waals surface area contributed by atoms with Crippen LogP contribution in [0, 0.1) is 17.2 Å². The molecule has 0 aromatic rings. The first-order valence-corrected chi connectivity index (χ1v) is 6.68. The minimum absolute atomic E-state index is 0.117. The Balaban J connectivity index is 2.55. The van der Waals surface area contributed by atoms with Gasteiger partial charge in [0, 0.05) is 19.1 Å². The van der Waals surface area contributed by atoms with Gasteiger partial charge in [0.25, 0.3) is 0 Å². The minimum atomic E-state index is -3.35. The number of nitrogens with two attached hydrogens (primary N) is 1. The van der Waals surface area contributed by atoms with Crippen molar-refractivity contribution in [1.82, 2.24) is 4.31 Å². The van der Waals surface area contributed by atoms with Crippen molar-refractivity contribution in [2.75, 3.05) is 18.8 Å². The van der Waals surface area contributed by atoms with Crippen molar-refractivity contribution < 1.29 is 8.42 Å². The van der Waals surface area contributed by atoms with E-state index in [1.165, 1.54) is 4.31 Å². The molecule has 0 bridgehead atoms. The topological polar surface area (TPSA) is 87.2 Å². The lowest BCUT2D eigenvalue weighted by Gasteiger charge is -2.32. The molecule has 1 heterocycles. The van der Waals surface area contributed by atoms with Gasteiger partial charge in [-0.15, -0.1) is 0 Å². The van der Waals surface area contributed by atoms with Gasteiger partial charge in [-0.1, -0.05) is 0 Å². The lowest BCUT2D eigenvalue weighted by atomic mass is 9.92. The molecule has 0 saturated carbocycles. The molecule has 1 aliphatic heterocycles. The van der Waals surface area contributed by atoms with Gasteiger partial charge in [0.1, 0.15) is 0 Å². The fraction of sp³-hybridized carbons (Fsp3) is 0.889. The number of rotatable bonds is 3. The maximum absolute atomic E-state index is 11.5. The second kappa shape index (κ2) is 4.92. The number of nitrogens with zero attached hydrogens (tertiary/aromatic N) is 2. The summed E-state index contributed by atoms with van der Waals surface area (Å²) in [6.45, 7) is 2.94. The van der Waals surface area contributed by atoms with Crippen LogP contribution in [0.1, 0.15) is 19.8 Å². The molecule has 6 heteroatoms. The van der Waals surface area contributed by atoms with E-state index in [2.05, 4.69) is 0 Å². The maximum atomic E-state index is 11.5. The molecular formula is C9H17N3O2S. The Morgan fingerprint density at radius 3 is 2.47 bits per heavy atom. The van der Waals surface area contributed by atoms with Gasteiger partial charge < -0.3 is 5.73 Å². The van der Waals surface area contributed by atoms with Gasteiger partial charge in [-0.3, -0.25) is 0 Å². The third-order valence-electron chi connectivity index (χ3n) is 2.88. The van der Waals surface area contributed by atoms with Gasteiger partial charge in [0.2, 0.25) is 10.0 Å². The number of sulfonamides is 1. The number of piperidine rings is 1. The largest absolute Gasteiger partial charge is 0.328 e. The Morgan fingerprint density at radius 2 is 2.07 bits per heavy atom. The standard InChI is InChI=1S/C9H17N3O2S/c1-8(11)9-2-5-12(6-3-9)15(13,14)7-4-10/h8-9H,2-3,5-7,11H2,1H3.